The van der Waals surface area contributed by atoms with Crippen molar-refractivity contribution in [1.82, 2.24) is 14.9 Å². The van der Waals surface area contributed by atoms with E-state index in [1.54, 1.807) is 18.9 Å². The summed E-state index contributed by atoms with van der Waals surface area (Å²) in [5, 5.41) is 0.821. The van der Waals surface area contributed by atoms with Gasteiger partial charge in [0, 0.05) is 48.6 Å². The highest BCUT2D eigenvalue weighted by Crippen LogP contribution is 2.58. The van der Waals surface area contributed by atoms with E-state index in [-0.39, 0.29) is 42.7 Å². The predicted octanol–water partition coefficient (Wildman–Crippen LogP) is 6.42. The fourth-order valence-electron chi connectivity index (χ4n) is 7.49. The van der Waals surface area contributed by atoms with Crippen molar-refractivity contribution in [3.05, 3.63) is 59.8 Å². The van der Waals surface area contributed by atoms with Gasteiger partial charge >= 0.3 is 5.97 Å². The molecule has 0 radical (unpaired) electrons. The topological polar surface area (TPSA) is 108 Å². The van der Waals surface area contributed by atoms with Gasteiger partial charge in [-0.25, -0.2) is 4.98 Å². The second kappa shape index (κ2) is 13.5. The van der Waals surface area contributed by atoms with Crippen molar-refractivity contribution < 1.29 is 28.6 Å². The molecule has 1 aliphatic heterocycles. The first-order chi connectivity index (χ1) is 22.6. The van der Waals surface area contributed by atoms with Crippen LogP contribution in [-0.4, -0.2) is 65.9 Å². The lowest BCUT2D eigenvalue weighted by molar-refractivity contribution is -0.152. The molecule has 1 unspecified atom stereocenters. The molecule has 6 rings (SSSR count). The fourth-order valence-corrected chi connectivity index (χ4v) is 7.49. The number of fused-ring (bicyclic) bond motifs is 3. The number of aryl methyl sites for hydroxylation is 2. The monoisotopic (exact) mass is 639 g/mol. The molecule has 47 heavy (non-hydrogen) atoms. The molecule has 2 aromatic heterocycles. The molecule has 1 aromatic carbocycles. The van der Waals surface area contributed by atoms with Crippen LogP contribution in [0.15, 0.2) is 48.6 Å². The quantitative estimate of drug-likeness (QED) is 0.225. The van der Waals surface area contributed by atoms with Crippen molar-refractivity contribution in [2.24, 2.45) is 23.2 Å². The summed E-state index contributed by atoms with van der Waals surface area (Å²) in [5.74, 6) is -0.167. The molecule has 0 spiro atoms. The van der Waals surface area contributed by atoms with Crippen LogP contribution in [0.5, 0.6) is 11.5 Å². The third-order valence-electron chi connectivity index (χ3n) is 10.2. The number of carbonyl (C=O) groups is 3. The van der Waals surface area contributed by atoms with Crippen LogP contribution >= 0.6 is 0 Å². The number of benzene rings is 1. The summed E-state index contributed by atoms with van der Waals surface area (Å²) >= 11 is 0. The minimum absolute atomic E-state index is 0.0178. The number of esters is 1. The summed E-state index contributed by atoms with van der Waals surface area (Å²) in [5.41, 5.74) is 3.05. The average molecular weight is 640 g/mol. The van der Waals surface area contributed by atoms with Crippen molar-refractivity contribution in [2.75, 3.05) is 27.3 Å². The number of Topliss-reactive ketones (excluding diaryl/α,β-unsaturated/α-hetero) is 1. The Balaban J connectivity index is 1.35. The minimum atomic E-state index is -0.847. The number of hydrogen-bond donors (Lipinski definition) is 0. The second-order valence-electron chi connectivity index (χ2n) is 13.4. The van der Waals surface area contributed by atoms with Gasteiger partial charge in [0.05, 0.1) is 42.0 Å². The Hall–Kier alpha value is -4.27. The zero-order valence-electron chi connectivity index (χ0n) is 28.1. The van der Waals surface area contributed by atoms with Crippen LogP contribution in [0, 0.1) is 37.0 Å². The van der Waals surface area contributed by atoms with Gasteiger partial charge in [-0.05, 0) is 89.5 Å². The lowest BCUT2D eigenvalue weighted by Gasteiger charge is -2.25. The number of methoxy groups -OCH3 is 1. The largest absolute Gasteiger partial charge is 0.496 e. The van der Waals surface area contributed by atoms with E-state index in [0.29, 0.717) is 37.3 Å². The van der Waals surface area contributed by atoms with Gasteiger partial charge in [0.25, 0.3) is 0 Å². The number of ketones is 1. The Kier molecular flexibility index (Phi) is 9.35. The molecular weight excluding hydrogens is 594 g/mol. The number of nitrogens with zero attached hydrogens (tertiary/aromatic N) is 3. The molecule has 0 N–H and O–H groups in total. The van der Waals surface area contributed by atoms with Gasteiger partial charge in [-0.2, -0.15) is 0 Å². The SMILES string of the molecule is CCOC(=O)[C@]12CC(=O)[C@@H]3C[C@@H](Oc4cc(-c5cccc(C)n5)nc5c(C)c(OC)ccc45)CC3C(=O)N(C)CCCC/C=C\[C@@H]1C2. The first-order valence-corrected chi connectivity index (χ1v) is 16.9. The highest BCUT2D eigenvalue weighted by Gasteiger charge is 2.61. The van der Waals surface area contributed by atoms with E-state index >= 15 is 0 Å². The Morgan fingerprint density at radius 2 is 1.83 bits per heavy atom. The van der Waals surface area contributed by atoms with E-state index in [4.69, 9.17) is 24.2 Å². The first-order valence-electron chi connectivity index (χ1n) is 16.9. The molecule has 9 heteroatoms. The van der Waals surface area contributed by atoms with Gasteiger partial charge in [0.15, 0.2) is 0 Å². The Labute approximate surface area is 276 Å². The standard InChI is InChI=1S/C38H45N3O6/c1-6-46-37(44)38-21-25(38)13-9-7-8-10-17-41(4)36(43)29-19-26(18-28(29)32(42)22-38)47-34-20-31(30-14-11-12-23(2)39-30)40-35-24(3)33(45-5)16-15-27(34)35/h9,11-16,20,25-26,28-29H,6-8,10,17-19,21-22H2,1-5H3/b13-9-/t25-,26-,28-,29?,38-/m1/s1. The van der Waals surface area contributed by atoms with Gasteiger partial charge in [-0.15, -0.1) is 0 Å². The molecule has 2 saturated carbocycles. The molecule has 2 fully saturated rings. The van der Waals surface area contributed by atoms with Crippen molar-refractivity contribution in [2.45, 2.75) is 71.8 Å². The van der Waals surface area contributed by atoms with Gasteiger partial charge in [0.2, 0.25) is 5.91 Å². The Morgan fingerprint density at radius 3 is 2.60 bits per heavy atom. The Morgan fingerprint density at radius 1 is 1.02 bits per heavy atom. The van der Waals surface area contributed by atoms with Gasteiger partial charge < -0.3 is 19.1 Å². The molecule has 0 bridgehead atoms. The molecule has 3 aromatic rings. The van der Waals surface area contributed by atoms with E-state index in [0.717, 1.165) is 52.9 Å². The van der Waals surface area contributed by atoms with E-state index in [9.17, 15) is 14.4 Å². The van der Waals surface area contributed by atoms with Crippen LogP contribution in [0.2, 0.25) is 0 Å². The van der Waals surface area contributed by atoms with Crippen molar-refractivity contribution in [1.29, 1.82) is 0 Å². The lowest BCUT2D eigenvalue weighted by Crippen LogP contribution is -2.38. The van der Waals surface area contributed by atoms with Crippen LogP contribution in [0.25, 0.3) is 22.3 Å². The van der Waals surface area contributed by atoms with Crippen LogP contribution in [0.4, 0.5) is 0 Å². The number of ether oxygens (including phenoxy) is 3. The smallest absolute Gasteiger partial charge is 0.313 e. The molecule has 0 saturated heterocycles. The van der Waals surface area contributed by atoms with Gasteiger partial charge in [-0.3, -0.25) is 19.4 Å². The van der Waals surface area contributed by atoms with E-state index in [2.05, 4.69) is 12.2 Å². The number of carbonyl (C=O) groups excluding carboxylic acids is 3. The molecule has 1 amide bonds. The average Bonchev–Trinajstić information content (AvgIpc) is 3.59. The summed E-state index contributed by atoms with van der Waals surface area (Å²) in [6, 6.07) is 11.6. The highest BCUT2D eigenvalue weighted by molar-refractivity contribution is 5.95. The van der Waals surface area contributed by atoms with Crippen LogP contribution < -0.4 is 9.47 Å². The normalized spacial score (nSPS) is 27.0. The molecule has 3 heterocycles. The first kappa shape index (κ1) is 32.7. The van der Waals surface area contributed by atoms with Crippen LogP contribution in [0.3, 0.4) is 0 Å². The number of aromatic nitrogens is 2. The summed E-state index contributed by atoms with van der Waals surface area (Å²) in [7, 11) is 3.46. The molecular formula is C38H45N3O6. The molecule has 5 atom stereocenters. The second-order valence-corrected chi connectivity index (χ2v) is 13.4. The molecule has 3 aliphatic rings. The van der Waals surface area contributed by atoms with E-state index < -0.39 is 17.3 Å². The summed E-state index contributed by atoms with van der Waals surface area (Å²) in [6.45, 7) is 6.60. The zero-order chi connectivity index (χ0) is 33.3. The number of allylic oxidation sites excluding steroid dienone is 2. The maximum Gasteiger partial charge on any atom is 0.313 e. The van der Waals surface area contributed by atoms with Crippen LogP contribution in [0.1, 0.15) is 63.1 Å². The van der Waals surface area contributed by atoms with Gasteiger partial charge in [0.1, 0.15) is 23.4 Å². The fraction of sp³-hybridized carbons (Fsp3) is 0.500. The summed E-state index contributed by atoms with van der Waals surface area (Å²) in [6.07, 6.45) is 7.98. The highest BCUT2D eigenvalue weighted by atomic mass is 16.5. The third-order valence-corrected chi connectivity index (χ3v) is 10.2. The zero-order valence-corrected chi connectivity index (χ0v) is 28.1. The van der Waals surface area contributed by atoms with Crippen molar-refractivity contribution in [3.8, 4) is 22.9 Å². The maximum absolute atomic E-state index is 14.2. The van der Waals surface area contributed by atoms with Crippen molar-refractivity contribution in [3.63, 3.8) is 0 Å². The summed E-state index contributed by atoms with van der Waals surface area (Å²) < 4.78 is 17.9. The molecule has 248 valence electrons. The van der Waals surface area contributed by atoms with Gasteiger partial charge in [-0.1, -0.05) is 18.2 Å². The number of rotatable bonds is 6. The van der Waals surface area contributed by atoms with Crippen LogP contribution in [-0.2, 0) is 19.1 Å². The van der Waals surface area contributed by atoms with E-state index in [1.165, 1.54) is 0 Å². The lowest BCUT2D eigenvalue weighted by atomic mass is 9.84. The summed E-state index contributed by atoms with van der Waals surface area (Å²) in [4.78, 5) is 52.8. The third kappa shape index (κ3) is 6.49. The van der Waals surface area contributed by atoms with E-state index in [1.807, 2.05) is 57.3 Å². The maximum atomic E-state index is 14.2. The minimum Gasteiger partial charge on any atom is -0.496 e. The van der Waals surface area contributed by atoms with Crippen molar-refractivity contribution >= 4 is 28.6 Å². The number of hydrogen-bond acceptors (Lipinski definition) is 8. The number of amides is 1. The molecule has 2 aliphatic carbocycles. The molecule has 9 nitrogen and oxygen atoms in total. The predicted molar refractivity (Wildman–Crippen MR) is 179 cm³/mol. The Bertz CT molecular complexity index is 1720. The number of pyridine rings is 2.